The zero-order valence-corrected chi connectivity index (χ0v) is 28.8. The fourth-order valence-corrected chi connectivity index (χ4v) is 8.00. The Morgan fingerprint density at radius 2 is 1.67 bits per heavy atom. The molecule has 5 heteroatoms. The molecule has 1 aliphatic heterocycles. The summed E-state index contributed by atoms with van der Waals surface area (Å²) in [5, 5.41) is 0. The van der Waals surface area contributed by atoms with Gasteiger partial charge in [-0.2, -0.15) is 29.5 Å². The van der Waals surface area contributed by atoms with E-state index in [0.29, 0.717) is 6.04 Å². The molecule has 220 valence electrons. The largest absolute Gasteiger partial charge is 3.00 e. The number of pyridine rings is 1. The number of benzene rings is 3. The molecule has 2 aromatic heterocycles. The molecule has 3 heterocycles. The minimum atomic E-state index is 0. The van der Waals surface area contributed by atoms with Gasteiger partial charge in [0.05, 0.1) is 17.1 Å². The molecule has 2 aliphatic carbocycles. The molecule has 43 heavy (non-hydrogen) atoms. The second-order valence-electron chi connectivity index (χ2n) is 13.4. The predicted octanol–water partition coefficient (Wildman–Crippen LogP) is 9.38. The third-order valence-corrected chi connectivity index (χ3v) is 10.6. The average molecular weight is 762 g/mol. The van der Waals surface area contributed by atoms with Crippen molar-refractivity contribution < 1.29 is 24.7 Å². The van der Waals surface area contributed by atoms with Gasteiger partial charge in [0.1, 0.15) is 0 Å². The van der Waals surface area contributed by atoms with E-state index < -0.39 is 0 Å². The Bertz CT molecular complexity index is 1700. The van der Waals surface area contributed by atoms with Crippen LogP contribution in [0.25, 0.3) is 28.0 Å². The zero-order valence-electron chi connectivity index (χ0n) is 25.5. The number of nitrogens with zero attached hydrogens (tertiary/aromatic N) is 3. The number of para-hydroxylation sites is 1. The van der Waals surface area contributed by atoms with Crippen molar-refractivity contribution in [3.05, 3.63) is 103 Å². The van der Waals surface area contributed by atoms with Crippen LogP contribution in [0.5, 0.6) is 0 Å². The molecule has 3 aromatic carbocycles. The molecule has 0 amide bonds. The molecule has 1 saturated carbocycles. The fraction of sp³-hybridized carbons (Fsp3) is 0.368. The average Bonchev–Trinajstić information content (AvgIpc) is 3.42. The predicted molar refractivity (Wildman–Crippen MR) is 171 cm³/mol. The van der Waals surface area contributed by atoms with Gasteiger partial charge >= 0.3 is 20.1 Å². The van der Waals surface area contributed by atoms with Crippen LogP contribution in [0.4, 0.5) is 0 Å². The summed E-state index contributed by atoms with van der Waals surface area (Å²) in [5.41, 5.74) is 9.18. The third-order valence-electron chi connectivity index (χ3n) is 9.50. The summed E-state index contributed by atoms with van der Waals surface area (Å²) in [6.07, 6.45) is 14.7. The van der Waals surface area contributed by atoms with Crippen LogP contribution in [0, 0.1) is 18.5 Å². The number of aromatic nitrogens is 3. The maximum atomic E-state index is 4.22. The zero-order chi connectivity index (χ0) is 28.9. The first-order valence-electron chi connectivity index (χ1n) is 15.5. The summed E-state index contributed by atoms with van der Waals surface area (Å²) in [5.74, 6) is 0. The maximum Gasteiger partial charge on any atom is 3.00 e. The van der Waals surface area contributed by atoms with Crippen molar-refractivity contribution in [3.63, 3.8) is 0 Å². The van der Waals surface area contributed by atoms with Crippen molar-refractivity contribution in [3.8, 4) is 16.9 Å². The Labute approximate surface area is 274 Å². The van der Waals surface area contributed by atoms with E-state index in [1.54, 1.807) is 6.20 Å². The molecule has 3 aliphatic rings. The quantitative estimate of drug-likeness (QED) is 0.130. The van der Waals surface area contributed by atoms with Gasteiger partial charge in [-0.15, -0.1) is 41.5 Å². The molecule has 1 fully saturated rings. The van der Waals surface area contributed by atoms with Crippen LogP contribution in [0.15, 0.2) is 82.7 Å². The molecule has 0 saturated heterocycles. The van der Waals surface area contributed by atoms with E-state index >= 15 is 0 Å². The van der Waals surface area contributed by atoms with Crippen LogP contribution in [0.1, 0.15) is 89.8 Å². The molecule has 0 N–H and O–H groups in total. The molecule has 8 rings (SSSR count). The standard InChI is InChI=1S/C27H31N2S.C11H8N.Ir/c1-26(2)13-14-27(3,4)20-16-24-22(15-19(20)26)29-17-28(18-9-6-5-7-10-18)21-11-8-12-23(30-24)25(21)29;1-2-6-10(7-3-1)11-8-4-5-9-12-11;/h8,11-12,16,18H,5-7,9-10,13-14H2,1-4H3;1-6,8-9H;/q2*-1;+3. The number of hydrogen-bond donors (Lipinski definition) is 0. The molecule has 0 atom stereocenters. The molecule has 3 nitrogen and oxygen atoms in total. The molecular formula is C38H39IrN3S+. The van der Waals surface area contributed by atoms with Gasteiger partial charge in [0.15, 0.2) is 0 Å². The Balaban J connectivity index is 0.000000213. The van der Waals surface area contributed by atoms with Gasteiger partial charge in [-0.1, -0.05) is 81.2 Å². The Morgan fingerprint density at radius 3 is 2.42 bits per heavy atom. The second kappa shape index (κ2) is 12.0. The van der Waals surface area contributed by atoms with Crippen LogP contribution in [-0.4, -0.2) is 9.55 Å². The summed E-state index contributed by atoms with van der Waals surface area (Å²) in [6, 6.07) is 30.6. The molecule has 0 radical (unpaired) electrons. The maximum absolute atomic E-state index is 4.22. The number of fused-ring (bicyclic) bond motifs is 3. The summed E-state index contributed by atoms with van der Waals surface area (Å²) < 4.78 is 4.79. The van der Waals surface area contributed by atoms with Crippen LogP contribution < -0.4 is 4.57 Å². The van der Waals surface area contributed by atoms with Crippen molar-refractivity contribution >= 4 is 22.8 Å². The fourth-order valence-electron chi connectivity index (χ4n) is 6.91. The van der Waals surface area contributed by atoms with Crippen LogP contribution in [0.3, 0.4) is 0 Å². The van der Waals surface area contributed by atoms with Gasteiger partial charge in [0, 0.05) is 6.20 Å². The van der Waals surface area contributed by atoms with Crippen LogP contribution >= 0.6 is 11.8 Å². The summed E-state index contributed by atoms with van der Waals surface area (Å²) >= 11 is 1.92. The normalized spacial score (nSPS) is 18.0. The van der Waals surface area contributed by atoms with Gasteiger partial charge < -0.3 is 14.1 Å². The van der Waals surface area contributed by atoms with E-state index in [0.717, 1.165) is 11.3 Å². The van der Waals surface area contributed by atoms with Gasteiger partial charge in [0.2, 0.25) is 6.33 Å². The van der Waals surface area contributed by atoms with Crippen molar-refractivity contribution in [1.29, 1.82) is 0 Å². The molecule has 0 unspecified atom stereocenters. The minimum Gasteiger partial charge on any atom is -0.340 e. The smallest absolute Gasteiger partial charge is 0.340 e. The minimum absolute atomic E-state index is 0. The summed E-state index contributed by atoms with van der Waals surface area (Å²) in [7, 11) is 0. The Morgan fingerprint density at radius 1 is 0.884 bits per heavy atom. The Hall–Kier alpha value is -2.72. The van der Waals surface area contributed by atoms with E-state index in [1.807, 2.05) is 54.2 Å². The first-order chi connectivity index (χ1) is 20.3. The van der Waals surface area contributed by atoms with Crippen molar-refractivity contribution in [2.45, 2.75) is 99.3 Å². The number of rotatable bonds is 2. The van der Waals surface area contributed by atoms with Crippen LogP contribution in [-0.2, 0) is 30.9 Å². The van der Waals surface area contributed by atoms with Gasteiger partial charge in [-0.3, -0.25) is 0 Å². The monoisotopic (exact) mass is 762 g/mol. The van der Waals surface area contributed by atoms with Gasteiger partial charge in [0.25, 0.3) is 0 Å². The van der Waals surface area contributed by atoms with E-state index in [9.17, 15) is 0 Å². The topological polar surface area (TPSA) is 21.7 Å². The van der Waals surface area contributed by atoms with Gasteiger partial charge in [-0.25, -0.2) is 0 Å². The van der Waals surface area contributed by atoms with Crippen molar-refractivity contribution in [2.24, 2.45) is 0 Å². The second-order valence-corrected chi connectivity index (χ2v) is 14.4. The van der Waals surface area contributed by atoms with E-state index in [4.69, 9.17) is 0 Å². The molecule has 0 bridgehead atoms. The van der Waals surface area contributed by atoms with Gasteiger partial charge in [-0.05, 0) is 59.9 Å². The van der Waals surface area contributed by atoms with Crippen molar-refractivity contribution in [2.75, 3.05) is 0 Å². The van der Waals surface area contributed by atoms with E-state index in [1.165, 1.54) is 82.6 Å². The first kappa shape index (κ1) is 30.3. The van der Waals surface area contributed by atoms with Crippen LogP contribution in [0.2, 0.25) is 0 Å². The third kappa shape index (κ3) is 5.65. The SMILES string of the molecule is CC1(C)CCC(C)(C)c2cc3c([c-]c21)-[n+]1[c-]n(C2CCCCC2)c2cccc(c21)S3.[Ir+3].[c-]1ccccc1-c1ccccn1. The first-order valence-corrected chi connectivity index (χ1v) is 16.3. The van der Waals surface area contributed by atoms with Crippen molar-refractivity contribution in [1.82, 2.24) is 9.55 Å². The number of imidazole rings is 1. The molecule has 5 aromatic rings. The summed E-state index contributed by atoms with van der Waals surface area (Å²) in [6.45, 7) is 9.59. The van der Waals surface area contributed by atoms with E-state index in [2.05, 4.69) is 84.5 Å². The number of hydrogen-bond acceptors (Lipinski definition) is 2. The summed E-state index contributed by atoms with van der Waals surface area (Å²) in [4.78, 5) is 6.91. The molecular weight excluding hydrogens is 723 g/mol. The Kier molecular flexibility index (Phi) is 8.45. The molecule has 0 spiro atoms. The van der Waals surface area contributed by atoms with E-state index in [-0.39, 0.29) is 30.9 Å².